The first-order chi connectivity index (χ1) is 8.83. The van der Waals surface area contributed by atoms with Gasteiger partial charge in [-0.05, 0) is 35.8 Å². The summed E-state index contributed by atoms with van der Waals surface area (Å²) < 4.78 is 0. The van der Waals surface area contributed by atoms with Crippen LogP contribution in [0.2, 0.25) is 0 Å². The predicted octanol–water partition coefficient (Wildman–Crippen LogP) is 1.43. The zero-order valence-corrected chi connectivity index (χ0v) is 18.1. The second kappa shape index (κ2) is 11.3. The highest BCUT2D eigenvalue weighted by atomic mass is 32.5. The third kappa shape index (κ3) is 21.7. The molecule has 0 aromatic carbocycles. The van der Waals surface area contributed by atoms with E-state index in [4.69, 9.17) is 24.5 Å². The molecular formula is C9H26O6P3S3-. The van der Waals surface area contributed by atoms with Crippen LogP contribution in [-0.4, -0.2) is 41.4 Å². The van der Waals surface area contributed by atoms with Gasteiger partial charge >= 0.3 is 0 Å². The lowest BCUT2D eigenvalue weighted by atomic mass is 10.6. The van der Waals surface area contributed by atoms with Crippen molar-refractivity contribution >= 4 is 54.9 Å². The molecule has 0 spiro atoms. The fourth-order valence-electron chi connectivity index (χ4n) is 0. The second-order valence-corrected chi connectivity index (χ2v) is 16.4. The Labute approximate surface area is 142 Å². The molecule has 0 amide bonds. The van der Waals surface area contributed by atoms with E-state index in [1.54, 1.807) is 41.5 Å². The monoisotopic (exact) mass is 419 g/mol. The van der Waals surface area contributed by atoms with Crippen LogP contribution in [0, 0.1) is 0 Å². The molecule has 0 bridgehead atoms. The minimum atomic E-state index is -3.15. The smallest absolute Gasteiger partial charge is 0.186 e. The van der Waals surface area contributed by atoms with Crippen LogP contribution < -0.4 is 4.89 Å². The van der Waals surface area contributed by atoms with E-state index in [-0.39, 0.29) is 17.0 Å². The molecule has 5 N–H and O–H groups in total. The zero-order chi connectivity index (χ0) is 18.2. The Morgan fingerprint density at radius 3 is 0.714 bits per heavy atom. The first-order valence-corrected chi connectivity index (χ1v) is 14.3. The summed E-state index contributed by atoms with van der Waals surface area (Å²) in [5, 5.41) is 0. The van der Waals surface area contributed by atoms with Gasteiger partial charge in [0, 0.05) is 11.3 Å². The van der Waals surface area contributed by atoms with Gasteiger partial charge in [-0.3, -0.25) is 0 Å². The molecule has 0 radical (unpaired) electrons. The normalized spacial score (nSPS) is 15.0. The molecule has 0 aromatic rings. The van der Waals surface area contributed by atoms with Crippen LogP contribution in [0.25, 0.3) is 0 Å². The van der Waals surface area contributed by atoms with E-state index >= 15 is 0 Å². The molecule has 0 aliphatic heterocycles. The fraction of sp³-hybridized carbons (Fsp3) is 1.00. The molecule has 0 saturated carbocycles. The molecule has 0 rings (SSSR count). The average Bonchev–Trinajstić information content (AvgIpc) is 2.14. The van der Waals surface area contributed by atoms with Gasteiger partial charge in [0.2, 0.25) is 0 Å². The molecule has 132 valence electrons. The molecule has 6 nitrogen and oxygen atoms in total. The molecule has 0 fully saturated rings. The van der Waals surface area contributed by atoms with Gasteiger partial charge in [0.15, 0.2) is 13.0 Å². The molecular weight excluding hydrogens is 393 g/mol. The van der Waals surface area contributed by atoms with E-state index < -0.39 is 19.5 Å². The van der Waals surface area contributed by atoms with Crippen molar-refractivity contribution in [3.05, 3.63) is 0 Å². The summed E-state index contributed by atoms with van der Waals surface area (Å²) in [5.41, 5.74) is -0.604. The first-order valence-electron chi connectivity index (χ1n) is 5.97. The van der Waals surface area contributed by atoms with Crippen LogP contribution in [0.1, 0.15) is 41.5 Å². The van der Waals surface area contributed by atoms with Crippen LogP contribution in [0.15, 0.2) is 0 Å². The second-order valence-electron chi connectivity index (χ2n) is 5.02. The SMILES string of the molecule is CC(C)P(O)(O)=S.CC(C)P(O)(O)=S.CC(C)P([O-])(O)=S. The Morgan fingerprint density at radius 2 is 0.714 bits per heavy atom. The molecule has 12 heteroatoms. The Morgan fingerprint density at radius 1 is 0.619 bits per heavy atom. The van der Waals surface area contributed by atoms with E-state index in [1.807, 2.05) is 0 Å². The average molecular weight is 419 g/mol. The summed E-state index contributed by atoms with van der Waals surface area (Å²) in [7, 11) is 0. The van der Waals surface area contributed by atoms with Crippen molar-refractivity contribution in [1.82, 2.24) is 0 Å². The Bertz CT molecular complexity index is 347. The van der Waals surface area contributed by atoms with Crippen molar-refractivity contribution in [2.24, 2.45) is 0 Å². The van der Waals surface area contributed by atoms with E-state index in [2.05, 4.69) is 35.4 Å². The van der Waals surface area contributed by atoms with Gasteiger partial charge in [-0.25, -0.2) is 0 Å². The zero-order valence-electron chi connectivity index (χ0n) is 12.9. The number of hydrogen-bond acceptors (Lipinski definition) is 4. The lowest BCUT2D eigenvalue weighted by molar-refractivity contribution is -0.179. The Kier molecular flexibility index (Phi) is 14.8. The highest BCUT2D eigenvalue weighted by Crippen LogP contribution is 2.41. The van der Waals surface area contributed by atoms with Gasteiger partial charge in [-0.1, -0.05) is 53.3 Å². The van der Waals surface area contributed by atoms with Crippen molar-refractivity contribution < 1.29 is 29.4 Å². The maximum Gasteiger partial charge on any atom is 0.186 e. The standard InChI is InChI=1S/3C3H9O2PS/c3*1-3(2)6(4,5)7/h3*3H,1-2H3,(H2,4,5,7)/p-1. The van der Waals surface area contributed by atoms with Crippen LogP contribution in [0.5, 0.6) is 0 Å². The highest BCUT2D eigenvalue weighted by Gasteiger charge is 2.11. The highest BCUT2D eigenvalue weighted by molar-refractivity contribution is 8.09. The van der Waals surface area contributed by atoms with Gasteiger partial charge < -0.3 is 29.4 Å². The van der Waals surface area contributed by atoms with Crippen molar-refractivity contribution in [2.45, 2.75) is 58.5 Å². The number of hydrogen-bond donors (Lipinski definition) is 5. The Hall–Kier alpha value is 1.71. The van der Waals surface area contributed by atoms with E-state index in [9.17, 15) is 4.89 Å². The van der Waals surface area contributed by atoms with Gasteiger partial charge in [0.05, 0.1) is 0 Å². The summed E-state index contributed by atoms with van der Waals surface area (Å²) in [5.74, 6) is 0. The van der Waals surface area contributed by atoms with Crippen LogP contribution in [0.4, 0.5) is 0 Å². The van der Waals surface area contributed by atoms with Crippen LogP contribution >= 0.6 is 19.5 Å². The summed E-state index contributed by atoms with van der Waals surface area (Å²) in [4.78, 5) is 53.1. The predicted molar refractivity (Wildman–Crippen MR) is 99.4 cm³/mol. The lowest BCUT2D eigenvalue weighted by Crippen LogP contribution is -2.08. The van der Waals surface area contributed by atoms with E-state index in [0.717, 1.165) is 0 Å². The van der Waals surface area contributed by atoms with Gasteiger partial charge in [0.25, 0.3) is 0 Å². The molecule has 21 heavy (non-hydrogen) atoms. The number of rotatable bonds is 3. The molecule has 0 aliphatic rings. The van der Waals surface area contributed by atoms with Crippen LogP contribution in [-0.2, 0) is 35.4 Å². The minimum absolute atomic E-state index is 0.164. The van der Waals surface area contributed by atoms with Gasteiger partial charge in [0.1, 0.15) is 0 Å². The lowest BCUT2D eigenvalue weighted by Gasteiger charge is -2.24. The minimum Gasteiger partial charge on any atom is -0.801 e. The van der Waals surface area contributed by atoms with Gasteiger partial charge in [-0.15, -0.1) is 0 Å². The molecule has 0 heterocycles. The maximum absolute atomic E-state index is 10.3. The van der Waals surface area contributed by atoms with Crippen molar-refractivity contribution in [3.63, 3.8) is 0 Å². The first kappa shape index (κ1) is 27.6. The third-order valence-electron chi connectivity index (χ3n) is 2.00. The third-order valence-corrected chi connectivity index (χ3v) is 9.79. The van der Waals surface area contributed by atoms with Gasteiger partial charge in [-0.2, -0.15) is 0 Å². The molecule has 1 atom stereocenters. The quantitative estimate of drug-likeness (QED) is 0.432. The summed E-state index contributed by atoms with van der Waals surface area (Å²) in [6, 6.07) is 0. The summed E-state index contributed by atoms with van der Waals surface area (Å²) >= 11 is 12.9. The maximum atomic E-state index is 10.3. The largest absolute Gasteiger partial charge is 0.801 e. The molecule has 0 aliphatic carbocycles. The fourth-order valence-corrected chi connectivity index (χ4v) is 0. The topological polar surface area (TPSA) is 124 Å². The Balaban J connectivity index is -0.000000231. The van der Waals surface area contributed by atoms with Crippen molar-refractivity contribution in [2.75, 3.05) is 0 Å². The van der Waals surface area contributed by atoms with E-state index in [1.165, 1.54) is 0 Å². The van der Waals surface area contributed by atoms with Crippen molar-refractivity contribution in [1.29, 1.82) is 0 Å². The van der Waals surface area contributed by atoms with Crippen LogP contribution in [0.3, 0.4) is 0 Å². The molecule has 1 unspecified atom stereocenters. The van der Waals surface area contributed by atoms with Crippen molar-refractivity contribution in [3.8, 4) is 0 Å². The summed E-state index contributed by atoms with van der Waals surface area (Å²) in [6.07, 6.45) is 0. The van der Waals surface area contributed by atoms with E-state index in [0.29, 0.717) is 0 Å². The summed E-state index contributed by atoms with van der Waals surface area (Å²) in [6.45, 7) is 1.08. The molecule has 0 saturated heterocycles. The molecule has 0 aromatic heterocycles.